The Hall–Kier alpha value is -0.160. The van der Waals surface area contributed by atoms with Crippen molar-refractivity contribution in [2.45, 2.75) is 39.8 Å². The number of aliphatic hydroxyl groups excluding tert-OH is 1. The second-order valence-electron chi connectivity index (χ2n) is 6.02. The summed E-state index contributed by atoms with van der Waals surface area (Å²) in [4.78, 5) is 4.82. The summed E-state index contributed by atoms with van der Waals surface area (Å²) in [6.45, 7) is 15.0. The number of hydrogen-bond donors (Lipinski definition) is 1. The summed E-state index contributed by atoms with van der Waals surface area (Å²) in [6, 6.07) is 0.631. The summed E-state index contributed by atoms with van der Waals surface area (Å²) >= 11 is 0. The van der Waals surface area contributed by atoms with Gasteiger partial charge in [-0.3, -0.25) is 9.80 Å². The predicted molar refractivity (Wildman–Crippen MR) is 74.8 cm³/mol. The van der Waals surface area contributed by atoms with E-state index < -0.39 is 0 Å². The molecule has 0 aromatic rings. The van der Waals surface area contributed by atoms with Crippen molar-refractivity contribution in [3.63, 3.8) is 0 Å². The largest absolute Gasteiger partial charge is 0.389 e. The average Bonchev–Trinajstić information content (AvgIpc) is 2.29. The average molecular weight is 258 g/mol. The van der Waals surface area contributed by atoms with Gasteiger partial charge in [0, 0.05) is 45.4 Å². The van der Waals surface area contributed by atoms with E-state index in [0.717, 1.165) is 39.3 Å². The molecular weight excluding hydrogens is 228 g/mol. The zero-order valence-electron chi connectivity index (χ0n) is 12.4. The number of hydrogen-bond acceptors (Lipinski definition) is 4. The molecule has 1 unspecified atom stereocenters. The molecule has 0 saturated carbocycles. The molecular formula is C14H30N2O2. The second-order valence-corrected chi connectivity index (χ2v) is 6.02. The Labute approximate surface area is 112 Å². The van der Waals surface area contributed by atoms with Crippen LogP contribution >= 0.6 is 0 Å². The first-order valence-electron chi connectivity index (χ1n) is 7.21. The SMILES string of the molecule is CC(C)COCC(O)CN1CCN(C(C)C)CC1. The Bertz CT molecular complexity index is 214. The first-order chi connectivity index (χ1) is 8.49. The van der Waals surface area contributed by atoms with Gasteiger partial charge in [0.05, 0.1) is 12.7 Å². The van der Waals surface area contributed by atoms with Crippen LogP contribution in [0, 0.1) is 5.92 Å². The van der Waals surface area contributed by atoms with Crippen LogP contribution in [0.2, 0.25) is 0 Å². The lowest BCUT2D eigenvalue weighted by molar-refractivity contribution is -0.00186. The third kappa shape index (κ3) is 6.14. The Balaban J connectivity index is 2.12. The van der Waals surface area contributed by atoms with E-state index in [4.69, 9.17) is 4.74 Å². The van der Waals surface area contributed by atoms with Gasteiger partial charge < -0.3 is 9.84 Å². The van der Waals surface area contributed by atoms with E-state index in [-0.39, 0.29) is 6.10 Å². The molecule has 1 aliphatic heterocycles. The molecule has 1 N–H and O–H groups in total. The fraction of sp³-hybridized carbons (Fsp3) is 1.00. The van der Waals surface area contributed by atoms with Crippen molar-refractivity contribution < 1.29 is 9.84 Å². The zero-order chi connectivity index (χ0) is 13.5. The van der Waals surface area contributed by atoms with Crippen LogP contribution in [0.5, 0.6) is 0 Å². The molecule has 1 atom stereocenters. The fourth-order valence-corrected chi connectivity index (χ4v) is 2.25. The molecule has 1 saturated heterocycles. The van der Waals surface area contributed by atoms with E-state index >= 15 is 0 Å². The molecule has 0 aliphatic carbocycles. The minimum absolute atomic E-state index is 0.352. The van der Waals surface area contributed by atoms with Gasteiger partial charge in [0.1, 0.15) is 0 Å². The molecule has 0 aromatic carbocycles. The highest BCUT2D eigenvalue weighted by Gasteiger charge is 2.20. The molecule has 4 heteroatoms. The van der Waals surface area contributed by atoms with Gasteiger partial charge in [-0.05, 0) is 19.8 Å². The van der Waals surface area contributed by atoms with E-state index in [0.29, 0.717) is 18.6 Å². The van der Waals surface area contributed by atoms with Crippen LogP contribution in [0.3, 0.4) is 0 Å². The molecule has 1 aliphatic rings. The first-order valence-corrected chi connectivity index (χ1v) is 7.21. The summed E-state index contributed by atoms with van der Waals surface area (Å²) in [6.07, 6.45) is -0.352. The van der Waals surface area contributed by atoms with Crippen molar-refractivity contribution in [2.75, 3.05) is 45.9 Å². The van der Waals surface area contributed by atoms with Crippen LogP contribution in [0.15, 0.2) is 0 Å². The van der Waals surface area contributed by atoms with Gasteiger partial charge in [-0.1, -0.05) is 13.8 Å². The lowest BCUT2D eigenvalue weighted by atomic mass is 10.2. The van der Waals surface area contributed by atoms with Crippen LogP contribution in [0.4, 0.5) is 0 Å². The van der Waals surface area contributed by atoms with Crippen LogP contribution in [-0.4, -0.2) is 73.0 Å². The van der Waals surface area contributed by atoms with Crippen molar-refractivity contribution in [2.24, 2.45) is 5.92 Å². The summed E-state index contributed by atoms with van der Waals surface area (Å²) in [5, 5.41) is 9.91. The predicted octanol–water partition coefficient (Wildman–Crippen LogP) is 1.05. The molecule has 4 nitrogen and oxygen atoms in total. The Morgan fingerprint density at radius 3 is 2.11 bits per heavy atom. The molecule has 0 amide bonds. The molecule has 0 radical (unpaired) electrons. The first kappa shape index (κ1) is 15.9. The van der Waals surface area contributed by atoms with Crippen LogP contribution in [0.1, 0.15) is 27.7 Å². The van der Waals surface area contributed by atoms with Gasteiger partial charge in [0.25, 0.3) is 0 Å². The van der Waals surface area contributed by atoms with Crippen molar-refractivity contribution in [1.29, 1.82) is 0 Å². The summed E-state index contributed by atoms with van der Waals surface area (Å²) in [5.74, 6) is 0.534. The highest BCUT2D eigenvalue weighted by atomic mass is 16.5. The lowest BCUT2D eigenvalue weighted by Gasteiger charge is -2.37. The third-order valence-electron chi connectivity index (χ3n) is 3.37. The van der Waals surface area contributed by atoms with Gasteiger partial charge >= 0.3 is 0 Å². The molecule has 18 heavy (non-hydrogen) atoms. The maximum atomic E-state index is 9.91. The molecule has 1 fully saturated rings. The minimum atomic E-state index is -0.352. The van der Waals surface area contributed by atoms with Gasteiger partial charge in [0.15, 0.2) is 0 Å². The minimum Gasteiger partial charge on any atom is -0.389 e. The number of ether oxygens (including phenoxy) is 1. The van der Waals surface area contributed by atoms with Gasteiger partial charge in [-0.25, -0.2) is 0 Å². The van der Waals surface area contributed by atoms with Crippen LogP contribution in [-0.2, 0) is 4.74 Å². The van der Waals surface area contributed by atoms with E-state index in [9.17, 15) is 5.11 Å². The molecule has 108 valence electrons. The van der Waals surface area contributed by atoms with Crippen LogP contribution < -0.4 is 0 Å². The van der Waals surface area contributed by atoms with Crippen LogP contribution in [0.25, 0.3) is 0 Å². The van der Waals surface area contributed by atoms with Crippen molar-refractivity contribution in [3.05, 3.63) is 0 Å². The fourth-order valence-electron chi connectivity index (χ4n) is 2.25. The molecule has 1 rings (SSSR count). The highest BCUT2D eigenvalue weighted by molar-refractivity contribution is 4.75. The monoisotopic (exact) mass is 258 g/mol. The van der Waals surface area contributed by atoms with E-state index in [1.807, 2.05) is 0 Å². The van der Waals surface area contributed by atoms with Gasteiger partial charge in [0.2, 0.25) is 0 Å². The smallest absolute Gasteiger partial charge is 0.0900 e. The van der Waals surface area contributed by atoms with Crippen molar-refractivity contribution in [1.82, 2.24) is 9.80 Å². The Morgan fingerprint density at radius 2 is 1.61 bits per heavy atom. The van der Waals surface area contributed by atoms with Crippen molar-refractivity contribution in [3.8, 4) is 0 Å². The summed E-state index contributed by atoms with van der Waals surface area (Å²) < 4.78 is 5.47. The Kier molecular flexibility index (Phi) is 7.15. The van der Waals surface area contributed by atoms with E-state index in [1.165, 1.54) is 0 Å². The zero-order valence-corrected chi connectivity index (χ0v) is 12.4. The highest BCUT2D eigenvalue weighted by Crippen LogP contribution is 2.06. The van der Waals surface area contributed by atoms with Gasteiger partial charge in [-0.15, -0.1) is 0 Å². The number of piperazine rings is 1. The third-order valence-corrected chi connectivity index (χ3v) is 3.37. The molecule has 0 spiro atoms. The normalized spacial score (nSPS) is 20.8. The number of nitrogens with zero attached hydrogens (tertiary/aromatic N) is 2. The van der Waals surface area contributed by atoms with Crippen molar-refractivity contribution >= 4 is 0 Å². The standard InChI is InChI=1S/C14H30N2O2/c1-12(2)10-18-11-14(17)9-15-5-7-16(8-6-15)13(3)4/h12-14,17H,5-11H2,1-4H3. The molecule has 0 aromatic heterocycles. The quantitative estimate of drug-likeness (QED) is 0.740. The topological polar surface area (TPSA) is 35.9 Å². The second kappa shape index (κ2) is 8.10. The van der Waals surface area contributed by atoms with Gasteiger partial charge in [-0.2, -0.15) is 0 Å². The molecule has 1 heterocycles. The maximum absolute atomic E-state index is 9.91. The Morgan fingerprint density at radius 1 is 1.00 bits per heavy atom. The number of β-amino-alcohol motifs (C(OH)–C–C–N with tert-alkyl or cyclic N) is 1. The maximum Gasteiger partial charge on any atom is 0.0900 e. The summed E-state index contributed by atoms with van der Waals surface area (Å²) in [7, 11) is 0. The summed E-state index contributed by atoms with van der Waals surface area (Å²) in [5.41, 5.74) is 0. The lowest BCUT2D eigenvalue weighted by Crippen LogP contribution is -2.50. The molecule has 0 bridgehead atoms. The van der Waals surface area contributed by atoms with E-state index in [2.05, 4.69) is 37.5 Å². The number of aliphatic hydroxyl groups is 1. The van der Waals surface area contributed by atoms with E-state index in [1.54, 1.807) is 0 Å². The number of rotatable bonds is 7.